The average molecular weight is 648 g/mol. The standard InChI is InChI=1S/C35H73N3O5S/c1-3-5-6-7-8-9-10-11-12-13-14-15-16-17-18-19-20-21-22-23-24-25-37-35(44)38-31(32(41)26-30(40)4-2)27-36-28-33(42)34(43)29-39/h30-34,36,39-43H,3-29H2,1-2H3,(H2,37,38,44). The molecule has 8 nitrogen and oxygen atoms in total. The molecule has 0 fully saturated rings. The minimum Gasteiger partial charge on any atom is -0.394 e. The molecule has 8 N–H and O–H groups in total. The quantitative estimate of drug-likeness (QED) is 0.0326. The molecule has 0 spiro atoms. The van der Waals surface area contributed by atoms with Crippen LogP contribution in [0.25, 0.3) is 0 Å². The molecule has 0 aromatic carbocycles. The normalized spacial score (nSPS) is 15.1. The number of aliphatic hydroxyl groups excluding tert-OH is 5. The first-order valence-electron chi connectivity index (χ1n) is 18.4. The van der Waals surface area contributed by atoms with Crippen molar-refractivity contribution >= 4 is 17.3 Å². The van der Waals surface area contributed by atoms with Crippen molar-refractivity contribution < 1.29 is 25.5 Å². The van der Waals surface area contributed by atoms with Gasteiger partial charge in [-0.2, -0.15) is 0 Å². The molecule has 0 radical (unpaired) electrons. The molecule has 0 heterocycles. The van der Waals surface area contributed by atoms with Gasteiger partial charge in [0, 0.05) is 26.1 Å². The molecular weight excluding hydrogens is 574 g/mol. The van der Waals surface area contributed by atoms with Crippen LogP contribution in [0, 0.1) is 0 Å². The average Bonchev–Trinajstić information content (AvgIpc) is 3.02. The van der Waals surface area contributed by atoms with E-state index in [2.05, 4.69) is 22.9 Å². The Hall–Kier alpha value is -0.550. The van der Waals surface area contributed by atoms with Crippen LogP contribution in [0.3, 0.4) is 0 Å². The van der Waals surface area contributed by atoms with Crippen LogP contribution in [0.4, 0.5) is 0 Å². The highest BCUT2D eigenvalue weighted by atomic mass is 32.1. The van der Waals surface area contributed by atoms with E-state index in [4.69, 9.17) is 17.3 Å². The maximum Gasteiger partial charge on any atom is 0.166 e. The summed E-state index contributed by atoms with van der Waals surface area (Å²) in [6.45, 7) is 4.71. The van der Waals surface area contributed by atoms with E-state index in [0.717, 1.165) is 19.4 Å². The molecule has 0 aliphatic heterocycles. The van der Waals surface area contributed by atoms with Gasteiger partial charge in [-0.1, -0.05) is 142 Å². The van der Waals surface area contributed by atoms with E-state index >= 15 is 0 Å². The van der Waals surface area contributed by atoms with Crippen LogP contribution in [0.15, 0.2) is 0 Å². The zero-order valence-corrected chi connectivity index (χ0v) is 29.4. The fourth-order valence-corrected chi connectivity index (χ4v) is 5.77. The van der Waals surface area contributed by atoms with Gasteiger partial charge in [-0.05, 0) is 25.1 Å². The summed E-state index contributed by atoms with van der Waals surface area (Å²) in [6.07, 6.45) is 25.6. The van der Waals surface area contributed by atoms with Crippen molar-refractivity contribution in [2.45, 2.75) is 192 Å². The number of hydrogen-bond acceptors (Lipinski definition) is 7. The van der Waals surface area contributed by atoms with Crippen LogP contribution in [0.2, 0.25) is 0 Å². The number of rotatable bonds is 33. The fraction of sp³-hybridized carbons (Fsp3) is 0.971. The van der Waals surface area contributed by atoms with E-state index in [1.807, 2.05) is 6.92 Å². The van der Waals surface area contributed by atoms with Crippen molar-refractivity contribution in [3.8, 4) is 0 Å². The van der Waals surface area contributed by atoms with E-state index in [1.165, 1.54) is 122 Å². The molecule has 0 aromatic rings. The van der Waals surface area contributed by atoms with Crippen LogP contribution in [-0.4, -0.2) is 87.3 Å². The highest BCUT2D eigenvalue weighted by molar-refractivity contribution is 7.80. The van der Waals surface area contributed by atoms with Gasteiger partial charge in [0.1, 0.15) is 6.10 Å². The van der Waals surface area contributed by atoms with Crippen molar-refractivity contribution in [2.75, 3.05) is 26.2 Å². The molecule has 0 rings (SSSR count). The van der Waals surface area contributed by atoms with Crippen molar-refractivity contribution in [1.82, 2.24) is 16.0 Å². The minimum atomic E-state index is -1.22. The Balaban J connectivity index is 3.75. The van der Waals surface area contributed by atoms with E-state index in [9.17, 15) is 20.4 Å². The van der Waals surface area contributed by atoms with Crippen LogP contribution in [0.5, 0.6) is 0 Å². The van der Waals surface area contributed by atoms with Crippen molar-refractivity contribution in [3.63, 3.8) is 0 Å². The summed E-state index contributed by atoms with van der Waals surface area (Å²) in [5.41, 5.74) is 0. The molecular formula is C35H73N3O5S. The first-order valence-corrected chi connectivity index (χ1v) is 18.8. The van der Waals surface area contributed by atoms with E-state index < -0.39 is 37.1 Å². The van der Waals surface area contributed by atoms with E-state index in [-0.39, 0.29) is 19.5 Å². The second-order valence-corrected chi connectivity index (χ2v) is 13.3. The molecule has 0 aliphatic rings. The molecule has 0 saturated carbocycles. The third-order valence-electron chi connectivity index (χ3n) is 8.68. The highest BCUT2D eigenvalue weighted by Gasteiger charge is 2.23. The van der Waals surface area contributed by atoms with Crippen molar-refractivity contribution in [2.24, 2.45) is 0 Å². The lowest BCUT2D eigenvalue weighted by atomic mass is 10.0. The van der Waals surface area contributed by atoms with Crippen LogP contribution >= 0.6 is 12.2 Å². The number of thiocarbonyl (C=S) groups is 1. The predicted octanol–water partition coefficient (Wildman–Crippen LogP) is 5.86. The molecule has 5 atom stereocenters. The summed E-state index contributed by atoms with van der Waals surface area (Å²) in [5, 5.41) is 58.7. The van der Waals surface area contributed by atoms with E-state index in [1.54, 1.807) is 0 Å². The Morgan fingerprint density at radius 3 is 1.41 bits per heavy atom. The summed E-state index contributed by atoms with van der Waals surface area (Å²) in [7, 11) is 0. The third kappa shape index (κ3) is 27.7. The second kappa shape index (κ2) is 32.4. The molecule has 0 aliphatic carbocycles. The van der Waals surface area contributed by atoms with Gasteiger partial charge in [-0.3, -0.25) is 0 Å². The largest absolute Gasteiger partial charge is 0.394 e. The summed E-state index contributed by atoms with van der Waals surface area (Å²) < 4.78 is 0. The Labute approximate surface area is 276 Å². The Kier molecular flexibility index (Phi) is 32.0. The SMILES string of the molecule is CCCCCCCCCCCCCCCCCCCCCCCNC(=S)NC(CNCC(O)C(O)CO)C(O)CC(O)CC. The van der Waals surface area contributed by atoms with Gasteiger partial charge >= 0.3 is 0 Å². The first-order chi connectivity index (χ1) is 21.3. The monoisotopic (exact) mass is 648 g/mol. The lowest BCUT2D eigenvalue weighted by Crippen LogP contribution is -2.54. The van der Waals surface area contributed by atoms with Crippen LogP contribution in [-0.2, 0) is 0 Å². The van der Waals surface area contributed by atoms with Gasteiger partial charge in [0.05, 0.1) is 31.0 Å². The summed E-state index contributed by atoms with van der Waals surface area (Å²) in [5.74, 6) is 0. The van der Waals surface area contributed by atoms with Gasteiger partial charge < -0.3 is 41.5 Å². The molecule has 0 amide bonds. The first kappa shape index (κ1) is 43.5. The van der Waals surface area contributed by atoms with Crippen LogP contribution in [0.1, 0.15) is 162 Å². The Morgan fingerprint density at radius 1 is 0.568 bits per heavy atom. The van der Waals surface area contributed by atoms with Crippen molar-refractivity contribution in [1.29, 1.82) is 0 Å². The maximum atomic E-state index is 10.6. The lowest BCUT2D eigenvalue weighted by Gasteiger charge is -2.28. The number of unbranched alkanes of at least 4 members (excludes halogenated alkanes) is 20. The molecule has 0 aromatic heterocycles. The zero-order valence-electron chi connectivity index (χ0n) is 28.6. The number of aliphatic hydroxyl groups is 5. The molecule has 0 saturated heterocycles. The van der Waals surface area contributed by atoms with Gasteiger partial charge in [0.25, 0.3) is 0 Å². The maximum absolute atomic E-state index is 10.6. The van der Waals surface area contributed by atoms with Gasteiger partial charge in [-0.25, -0.2) is 0 Å². The lowest BCUT2D eigenvalue weighted by molar-refractivity contribution is -0.0137. The van der Waals surface area contributed by atoms with Gasteiger partial charge in [-0.15, -0.1) is 0 Å². The fourth-order valence-electron chi connectivity index (χ4n) is 5.52. The third-order valence-corrected chi connectivity index (χ3v) is 8.94. The molecule has 0 bridgehead atoms. The number of nitrogens with one attached hydrogen (secondary N) is 3. The second-order valence-electron chi connectivity index (χ2n) is 12.9. The smallest absolute Gasteiger partial charge is 0.166 e. The Morgan fingerprint density at radius 2 is 1.00 bits per heavy atom. The van der Waals surface area contributed by atoms with Gasteiger partial charge in [0.2, 0.25) is 0 Å². The Bertz CT molecular complexity index is 619. The number of hydrogen-bond donors (Lipinski definition) is 8. The van der Waals surface area contributed by atoms with Crippen molar-refractivity contribution in [3.05, 3.63) is 0 Å². The predicted molar refractivity (Wildman–Crippen MR) is 189 cm³/mol. The molecule has 9 heteroatoms. The molecule has 264 valence electrons. The molecule has 44 heavy (non-hydrogen) atoms. The topological polar surface area (TPSA) is 137 Å². The van der Waals surface area contributed by atoms with E-state index in [0.29, 0.717) is 11.5 Å². The summed E-state index contributed by atoms with van der Waals surface area (Å²) in [4.78, 5) is 0. The van der Waals surface area contributed by atoms with Crippen LogP contribution < -0.4 is 16.0 Å². The molecule has 5 unspecified atom stereocenters. The zero-order chi connectivity index (χ0) is 32.7. The highest BCUT2D eigenvalue weighted by Crippen LogP contribution is 2.15. The summed E-state index contributed by atoms with van der Waals surface area (Å²) in [6, 6.07) is -0.477. The minimum absolute atomic E-state index is 0.0581. The van der Waals surface area contributed by atoms with Gasteiger partial charge in [0.15, 0.2) is 5.11 Å². The summed E-state index contributed by atoms with van der Waals surface area (Å²) >= 11 is 5.44.